The zero-order valence-corrected chi connectivity index (χ0v) is 19.4. The normalized spacial score (nSPS) is 10.7. The number of hydrogen-bond donors (Lipinski definition) is 2. The summed E-state index contributed by atoms with van der Waals surface area (Å²) in [7, 11) is 0. The van der Waals surface area contributed by atoms with Crippen molar-refractivity contribution in [3.63, 3.8) is 0 Å². The highest BCUT2D eigenvalue weighted by Gasteiger charge is 2.27. The molecule has 0 aliphatic carbocycles. The van der Waals surface area contributed by atoms with E-state index in [0.717, 1.165) is 16.0 Å². The Morgan fingerprint density at radius 2 is 1.50 bits per heavy atom. The first-order valence-corrected chi connectivity index (χ1v) is 11.9. The van der Waals surface area contributed by atoms with E-state index in [4.69, 9.17) is 5.73 Å². The summed E-state index contributed by atoms with van der Waals surface area (Å²) < 4.78 is 1.28. The molecule has 0 saturated heterocycles. The van der Waals surface area contributed by atoms with Crippen molar-refractivity contribution in [1.82, 2.24) is 9.55 Å². The Balaban J connectivity index is 1.87. The Kier molecular flexibility index (Phi) is 6.98. The Hall–Kier alpha value is -4.04. The van der Waals surface area contributed by atoms with Crippen molar-refractivity contribution in [2.24, 2.45) is 0 Å². The zero-order chi connectivity index (χ0) is 24.1. The Morgan fingerprint density at radius 3 is 2.15 bits per heavy atom. The number of carbonyl (C=O) groups is 1. The van der Waals surface area contributed by atoms with Crippen molar-refractivity contribution in [2.45, 2.75) is 18.0 Å². The Bertz CT molecular complexity index is 1420. The topological polar surface area (TPSA) is 101 Å². The van der Waals surface area contributed by atoms with E-state index in [-0.39, 0.29) is 30.5 Å². The number of carbonyl (C=O) groups excluding carboxylic acids is 1. The smallest absolute Gasteiger partial charge is 0.330 e. The highest BCUT2D eigenvalue weighted by Crippen LogP contribution is 2.26. The third kappa shape index (κ3) is 4.82. The number of aromatic amines is 1. The van der Waals surface area contributed by atoms with Crippen LogP contribution in [0.15, 0.2) is 99.4 Å². The maximum Gasteiger partial charge on any atom is 0.330 e. The van der Waals surface area contributed by atoms with E-state index in [1.807, 2.05) is 79.1 Å². The van der Waals surface area contributed by atoms with Crippen molar-refractivity contribution in [3.8, 4) is 0 Å². The predicted octanol–water partition coefficient (Wildman–Crippen LogP) is 3.74. The van der Waals surface area contributed by atoms with E-state index in [1.165, 1.54) is 21.2 Å². The van der Waals surface area contributed by atoms with E-state index in [2.05, 4.69) is 4.98 Å². The molecule has 0 bridgehead atoms. The first kappa shape index (κ1) is 23.1. The maximum absolute atomic E-state index is 13.8. The van der Waals surface area contributed by atoms with E-state index < -0.39 is 11.2 Å². The highest BCUT2D eigenvalue weighted by atomic mass is 32.2. The number of thioether (sulfide) groups is 1. The molecule has 0 spiro atoms. The number of nitrogens with zero attached hydrogens (tertiary/aromatic N) is 2. The molecule has 0 fully saturated rings. The molecular weight excluding hydrogens is 448 g/mol. The number of nitrogens with two attached hydrogens (primary N) is 1. The summed E-state index contributed by atoms with van der Waals surface area (Å²) in [4.78, 5) is 44.0. The second kappa shape index (κ2) is 10.3. The fraction of sp³-hybridized carbons (Fsp3) is 0.115. The minimum Gasteiger partial charge on any atom is -0.383 e. The number of aromatic nitrogens is 2. The van der Waals surface area contributed by atoms with Gasteiger partial charge < -0.3 is 5.73 Å². The molecule has 8 heteroatoms. The van der Waals surface area contributed by atoms with Crippen LogP contribution in [-0.2, 0) is 13.1 Å². The van der Waals surface area contributed by atoms with Crippen molar-refractivity contribution in [2.75, 3.05) is 16.9 Å². The molecule has 4 rings (SSSR count). The van der Waals surface area contributed by atoms with Gasteiger partial charge in [-0.15, -0.1) is 11.8 Å². The van der Waals surface area contributed by atoms with Gasteiger partial charge in [0.1, 0.15) is 5.82 Å². The number of benzene rings is 3. The van der Waals surface area contributed by atoms with E-state index >= 15 is 0 Å². The lowest BCUT2D eigenvalue weighted by molar-refractivity contribution is 0.0982. The van der Waals surface area contributed by atoms with E-state index in [1.54, 1.807) is 12.1 Å². The fourth-order valence-corrected chi connectivity index (χ4v) is 4.34. The van der Waals surface area contributed by atoms with Gasteiger partial charge in [0.25, 0.3) is 11.5 Å². The lowest BCUT2D eigenvalue weighted by atomic mass is 10.1. The molecule has 1 amide bonds. The molecule has 7 nitrogen and oxygen atoms in total. The van der Waals surface area contributed by atoms with Crippen LogP contribution in [0.5, 0.6) is 0 Å². The molecule has 0 aliphatic rings. The molecule has 1 heterocycles. The average Bonchev–Trinajstić information content (AvgIpc) is 2.86. The van der Waals surface area contributed by atoms with Gasteiger partial charge in [-0.2, -0.15) is 0 Å². The van der Waals surface area contributed by atoms with Gasteiger partial charge in [-0.05, 0) is 29.5 Å². The first-order chi connectivity index (χ1) is 16.5. The van der Waals surface area contributed by atoms with Gasteiger partial charge in [0.15, 0.2) is 5.69 Å². The number of H-pyrrole nitrogens is 1. The molecule has 0 unspecified atom stereocenters. The number of nitrogens with one attached hydrogen (secondary N) is 1. The van der Waals surface area contributed by atoms with Crippen molar-refractivity contribution < 1.29 is 4.79 Å². The molecule has 0 aliphatic heterocycles. The molecule has 0 radical (unpaired) electrons. The standard InChI is InChI=1S/C26H24N4O3S/c1-34-21-15-9-8-14-20(21)25(32)29(16-18-10-4-2-5-11-18)22-23(27)30(26(33)28-24(22)31)17-19-12-6-3-7-13-19/h2-15H,16-17,27H2,1H3,(H,28,31,33). The predicted molar refractivity (Wildman–Crippen MR) is 136 cm³/mol. The second-order valence-electron chi connectivity index (χ2n) is 7.64. The van der Waals surface area contributed by atoms with Gasteiger partial charge in [-0.3, -0.25) is 24.0 Å². The van der Waals surface area contributed by atoms with Crippen LogP contribution in [-0.4, -0.2) is 21.7 Å². The molecule has 172 valence electrons. The summed E-state index contributed by atoms with van der Waals surface area (Å²) in [5.74, 6) is -0.445. The van der Waals surface area contributed by atoms with Crippen LogP contribution in [0.3, 0.4) is 0 Å². The molecule has 34 heavy (non-hydrogen) atoms. The minimum atomic E-state index is -0.710. The van der Waals surface area contributed by atoms with Crippen LogP contribution in [0.25, 0.3) is 0 Å². The van der Waals surface area contributed by atoms with Crippen LogP contribution in [0.1, 0.15) is 21.5 Å². The Labute approximate surface area is 200 Å². The maximum atomic E-state index is 13.8. The van der Waals surface area contributed by atoms with Crippen molar-refractivity contribution in [3.05, 3.63) is 122 Å². The summed E-state index contributed by atoms with van der Waals surface area (Å²) in [6.07, 6.45) is 1.88. The molecule has 3 aromatic carbocycles. The molecule has 1 aromatic heterocycles. The second-order valence-corrected chi connectivity index (χ2v) is 8.49. The molecule has 0 atom stereocenters. The number of amides is 1. The monoisotopic (exact) mass is 472 g/mol. The summed E-state index contributed by atoms with van der Waals surface area (Å²) >= 11 is 1.44. The third-order valence-corrected chi connectivity index (χ3v) is 6.23. The lowest BCUT2D eigenvalue weighted by Crippen LogP contribution is -2.41. The van der Waals surface area contributed by atoms with Gasteiger partial charge in [0.05, 0.1) is 18.7 Å². The van der Waals surface area contributed by atoms with Gasteiger partial charge in [-0.25, -0.2) is 4.79 Å². The van der Waals surface area contributed by atoms with Crippen LogP contribution in [0.2, 0.25) is 0 Å². The lowest BCUT2D eigenvalue weighted by Gasteiger charge is -2.25. The number of hydrogen-bond acceptors (Lipinski definition) is 5. The Morgan fingerprint density at radius 1 is 0.912 bits per heavy atom. The molecule has 0 saturated carbocycles. The number of rotatable bonds is 7. The summed E-state index contributed by atoms with van der Waals surface area (Å²) in [5.41, 5.74) is 7.12. The quantitative estimate of drug-likeness (QED) is 0.399. The van der Waals surface area contributed by atoms with Crippen LogP contribution >= 0.6 is 11.8 Å². The van der Waals surface area contributed by atoms with E-state index in [0.29, 0.717) is 5.56 Å². The van der Waals surface area contributed by atoms with Crippen molar-refractivity contribution >= 4 is 29.2 Å². The van der Waals surface area contributed by atoms with Crippen LogP contribution in [0.4, 0.5) is 11.5 Å². The summed E-state index contributed by atoms with van der Waals surface area (Å²) in [6, 6.07) is 25.8. The highest BCUT2D eigenvalue weighted by molar-refractivity contribution is 7.98. The number of nitrogen functional groups attached to an aromatic ring is 1. The van der Waals surface area contributed by atoms with Crippen molar-refractivity contribution in [1.29, 1.82) is 0 Å². The molecule has 4 aromatic rings. The number of anilines is 2. The summed E-state index contributed by atoms with van der Waals surface area (Å²) in [5, 5.41) is 0. The molecule has 3 N–H and O–H groups in total. The van der Waals surface area contributed by atoms with Gasteiger partial charge in [0.2, 0.25) is 0 Å². The average molecular weight is 473 g/mol. The van der Waals surface area contributed by atoms with Crippen LogP contribution in [0, 0.1) is 0 Å². The largest absolute Gasteiger partial charge is 0.383 e. The molecular formula is C26H24N4O3S. The van der Waals surface area contributed by atoms with E-state index in [9.17, 15) is 14.4 Å². The summed E-state index contributed by atoms with van der Waals surface area (Å²) in [6.45, 7) is 0.267. The SMILES string of the molecule is CSc1ccccc1C(=O)N(Cc1ccccc1)c1c(N)n(Cc2ccccc2)c(=O)[nH]c1=O. The van der Waals surface area contributed by atoms with Gasteiger partial charge in [0, 0.05) is 4.90 Å². The first-order valence-electron chi connectivity index (χ1n) is 10.6. The van der Waals surface area contributed by atoms with Gasteiger partial charge >= 0.3 is 5.69 Å². The van der Waals surface area contributed by atoms with Gasteiger partial charge in [-0.1, -0.05) is 72.8 Å². The van der Waals surface area contributed by atoms with Crippen LogP contribution < -0.4 is 21.9 Å². The third-order valence-electron chi connectivity index (χ3n) is 5.43. The zero-order valence-electron chi connectivity index (χ0n) is 18.6. The minimum absolute atomic E-state index is 0.0553. The fourth-order valence-electron chi connectivity index (χ4n) is 3.75.